The van der Waals surface area contributed by atoms with Crippen LogP contribution in [0.15, 0.2) is 29.1 Å². The minimum absolute atomic E-state index is 0.193. The van der Waals surface area contributed by atoms with Crippen LogP contribution in [0.25, 0.3) is 11.4 Å². The van der Waals surface area contributed by atoms with Crippen LogP contribution in [0.4, 0.5) is 0 Å². The topological polar surface area (TPSA) is 75.2 Å². The molecule has 5 heteroatoms. The normalized spacial score (nSPS) is 10.6. The summed E-state index contributed by atoms with van der Waals surface area (Å²) < 4.78 is 5.50. The van der Waals surface area contributed by atoms with Crippen molar-refractivity contribution in [1.82, 2.24) is 9.97 Å². The first kappa shape index (κ1) is 15.1. The monoisotopic (exact) mass is 288 g/mol. The van der Waals surface area contributed by atoms with E-state index in [4.69, 9.17) is 4.74 Å². The van der Waals surface area contributed by atoms with E-state index in [0.717, 1.165) is 24.2 Å². The molecule has 0 saturated carbocycles. The lowest BCUT2D eigenvalue weighted by Gasteiger charge is -2.07. The van der Waals surface area contributed by atoms with E-state index in [1.807, 2.05) is 38.1 Å². The van der Waals surface area contributed by atoms with Crippen LogP contribution in [-0.4, -0.2) is 21.7 Å². The molecule has 1 aromatic carbocycles. The van der Waals surface area contributed by atoms with Crippen molar-refractivity contribution in [2.75, 3.05) is 6.61 Å². The molecule has 5 nitrogen and oxygen atoms in total. The molecule has 0 fully saturated rings. The van der Waals surface area contributed by atoms with E-state index in [1.165, 1.54) is 0 Å². The maximum absolute atomic E-state index is 12.0. The molecule has 0 saturated heterocycles. The molecule has 0 unspecified atom stereocenters. The zero-order valence-electron chi connectivity index (χ0n) is 12.3. The Labute approximate surface area is 123 Å². The van der Waals surface area contributed by atoms with Crippen molar-refractivity contribution in [3.05, 3.63) is 40.2 Å². The number of aromatic amines is 1. The van der Waals surface area contributed by atoms with E-state index < -0.39 is 0 Å². The molecule has 0 spiro atoms. The SMILES string of the molecule is CCCOc1ccc(-c2nc(O)c(CCC)c(=O)[nH]2)cc1. The van der Waals surface area contributed by atoms with Crippen LogP contribution < -0.4 is 10.3 Å². The quantitative estimate of drug-likeness (QED) is 0.857. The summed E-state index contributed by atoms with van der Waals surface area (Å²) in [5.41, 5.74) is 0.782. The Bertz CT molecular complexity index is 648. The first-order valence-corrected chi connectivity index (χ1v) is 7.21. The van der Waals surface area contributed by atoms with E-state index in [9.17, 15) is 9.90 Å². The molecule has 0 aliphatic carbocycles. The molecule has 1 heterocycles. The van der Waals surface area contributed by atoms with Crippen LogP contribution in [0.1, 0.15) is 32.3 Å². The Balaban J connectivity index is 2.28. The Kier molecular flexibility index (Phi) is 4.98. The Morgan fingerprint density at radius 3 is 2.48 bits per heavy atom. The lowest BCUT2D eigenvalue weighted by molar-refractivity contribution is 0.317. The molecule has 0 radical (unpaired) electrons. The Morgan fingerprint density at radius 2 is 1.90 bits per heavy atom. The van der Waals surface area contributed by atoms with E-state index in [1.54, 1.807) is 0 Å². The van der Waals surface area contributed by atoms with E-state index >= 15 is 0 Å². The van der Waals surface area contributed by atoms with Crippen LogP contribution in [0, 0.1) is 0 Å². The number of benzene rings is 1. The number of H-pyrrole nitrogens is 1. The van der Waals surface area contributed by atoms with Crippen molar-refractivity contribution in [2.45, 2.75) is 33.1 Å². The molecular weight excluding hydrogens is 268 g/mol. The van der Waals surface area contributed by atoms with Crippen LogP contribution in [-0.2, 0) is 6.42 Å². The van der Waals surface area contributed by atoms with Gasteiger partial charge in [-0.1, -0.05) is 20.3 Å². The summed E-state index contributed by atoms with van der Waals surface area (Å²) in [7, 11) is 0. The van der Waals surface area contributed by atoms with Gasteiger partial charge in [0.25, 0.3) is 5.56 Å². The van der Waals surface area contributed by atoms with Crippen molar-refractivity contribution >= 4 is 0 Å². The van der Waals surface area contributed by atoms with Crippen molar-refractivity contribution in [2.24, 2.45) is 0 Å². The summed E-state index contributed by atoms with van der Waals surface area (Å²) in [5, 5.41) is 9.88. The fraction of sp³-hybridized carbons (Fsp3) is 0.375. The number of aromatic nitrogens is 2. The third-order valence-corrected chi connectivity index (χ3v) is 3.09. The van der Waals surface area contributed by atoms with Gasteiger partial charge in [-0.25, -0.2) is 0 Å². The average molecular weight is 288 g/mol. The zero-order valence-corrected chi connectivity index (χ0v) is 12.3. The summed E-state index contributed by atoms with van der Waals surface area (Å²) >= 11 is 0. The molecule has 112 valence electrons. The first-order chi connectivity index (χ1) is 10.2. The third kappa shape index (κ3) is 3.62. The lowest BCUT2D eigenvalue weighted by Crippen LogP contribution is -2.15. The number of aromatic hydroxyl groups is 1. The molecule has 0 atom stereocenters. The largest absolute Gasteiger partial charge is 0.494 e. The number of rotatable bonds is 6. The van der Waals surface area contributed by atoms with Gasteiger partial charge in [-0.05, 0) is 37.1 Å². The van der Waals surface area contributed by atoms with Crippen LogP contribution in [0.2, 0.25) is 0 Å². The highest BCUT2D eigenvalue weighted by Gasteiger charge is 2.11. The second-order valence-corrected chi connectivity index (χ2v) is 4.84. The summed E-state index contributed by atoms with van der Waals surface area (Å²) in [6.45, 7) is 4.66. The summed E-state index contributed by atoms with van der Waals surface area (Å²) in [4.78, 5) is 18.7. The van der Waals surface area contributed by atoms with Gasteiger partial charge in [-0.2, -0.15) is 4.98 Å². The molecular formula is C16H20N2O3. The maximum atomic E-state index is 12.0. The van der Waals surface area contributed by atoms with E-state index in [2.05, 4.69) is 9.97 Å². The molecule has 1 aromatic heterocycles. The number of nitrogens with zero attached hydrogens (tertiary/aromatic N) is 1. The molecule has 0 aliphatic rings. The van der Waals surface area contributed by atoms with E-state index in [-0.39, 0.29) is 11.4 Å². The van der Waals surface area contributed by atoms with Crippen LogP contribution in [0.3, 0.4) is 0 Å². The highest BCUT2D eigenvalue weighted by molar-refractivity contribution is 5.56. The molecule has 2 aromatic rings. The van der Waals surface area contributed by atoms with Gasteiger partial charge >= 0.3 is 0 Å². The average Bonchev–Trinajstić information content (AvgIpc) is 2.49. The number of hydrogen-bond donors (Lipinski definition) is 2. The van der Waals surface area contributed by atoms with Gasteiger partial charge in [0.05, 0.1) is 12.2 Å². The van der Waals surface area contributed by atoms with Crippen LogP contribution >= 0.6 is 0 Å². The predicted octanol–water partition coefficient (Wildman–Crippen LogP) is 2.88. The van der Waals surface area contributed by atoms with Crippen molar-refractivity contribution in [3.63, 3.8) is 0 Å². The van der Waals surface area contributed by atoms with E-state index in [0.29, 0.717) is 24.4 Å². The standard InChI is InChI=1S/C16H20N2O3/c1-3-5-13-15(19)17-14(18-16(13)20)11-6-8-12(9-7-11)21-10-4-2/h6-9H,3-5,10H2,1-2H3,(H2,17,18,19,20). The number of hydrogen-bond acceptors (Lipinski definition) is 4. The maximum Gasteiger partial charge on any atom is 0.258 e. The van der Waals surface area contributed by atoms with Crippen molar-refractivity contribution in [1.29, 1.82) is 0 Å². The van der Waals surface area contributed by atoms with Gasteiger partial charge in [0.15, 0.2) is 0 Å². The van der Waals surface area contributed by atoms with Gasteiger partial charge in [-0.15, -0.1) is 0 Å². The molecule has 0 bridgehead atoms. The summed E-state index contributed by atoms with van der Waals surface area (Å²) in [6.07, 6.45) is 2.24. The third-order valence-electron chi connectivity index (χ3n) is 3.09. The molecule has 2 N–H and O–H groups in total. The number of ether oxygens (including phenoxy) is 1. The molecule has 21 heavy (non-hydrogen) atoms. The summed E-state index contributed by atoms with van der Waals surface area (Å²) in [5.74, 6) is 0.941. The van der Waals surface area contributed by atoms with Crippen molar-refractivity contribution < 1.29 is 9.84 Å². The number of nitrogens with one attached hydrogen (secondary N) is 1. The molecule has 2 rings (SSSR count). The Hall–Kier alpha value is -2.30. The van der Waals surface area contributed by atoms with Gasteiger partial charge in [0.1, 0.15) is 11.6 Å². The van der Waals surface area contributed by atoms with Gasteiger partial charge in [0, 0.05) is 5.56 Å². The Morgan fingerprint density at radius 1 is 1.19 bits per heavy atom. The highest BCUT2D eigenvalue weighted by Crippen LogP contribution is 2.21. The smallest absolute Gasteiger partial charge is 0.258 e. The fourth-order valence-corrected chi connectivity index (χ4v) is 2.03. The highest BCUT2D eigenvalue weighted by atomic mass is 16.5. The van der Waals surface area contributed by atoms with Gasteiger partial charge < -0.3 is 14.8 Å². The van der Waals surface area contributed by atoms with Gasteiger partial charge in [0.2, 0.25) is 5.88 Å². The first-order valence-electron chi connectivity index (χ1n) is 7.21. The lowest BCUT2D eigenvalue weighted by atomic mass is 10.1. The zero-order chi connectivity index (χ0) is 15.2. The van der Waals surface area contributed by atoms with Crippen molar-refractivity contribution in [3.8, 4) is 23.0 Å². The van der Waals surface area contributed by atoms with Gasteiger partial charge in [-0.3, -0.25) is 4.79 Å². The predicted molar refractivity (Wildman–Crippen MR) is 81.7 cm³/mol. The molecule has 0 amide bonds. The minimum Gasteiger partial charge on any atom is -0.494 e. The summed E-state index contributed by atoms with van der Waals surface area (Å²) in [6, 6.07) is 7.26. The fourth-order valence-electron chi connectivity index (χ4n) is 2.03. The second-order valence-electron chi connectivity index (χ2n) is 4.84. The van der Waals surface area contributed by atoms with Crippen LogP contribution in [0.5, 0.6) is 11.6 Å². The minimum atomic E-state index is -0.286. The molecule has 0 aliphatic heterocycles. The second kappa shape index (κ2) is 6.92.